The number of rotatable bonds is 21. The molecule has 0 spiro atoms. The number of pyridine rings is 5. The molecule has 0 unspecified atom stereocenters. The van der Waals surface area contributed by atoms with Gasteiger partial charge in [-0.3, -0.25) is 0 Å². The summed E-state index contributed by atoms with van der Waals surface area (Å²) in [5.41, 5.74) is 12.9. The summed E-state index contributed by atoms with van der Waals surface area (Å²) in [4.78, 5) is 50.6. The van der Waals surface area contributed by atoms with E-state index in [1.807, 2.05) is 57.3 Å². The van der Waals surface area contributed by atoms with Gasteiger partial charge in [0.1, 0.15) is 57.0 Å². The zero-order chi connectivity index (χ0) is 86.8. The summed E-state index contributed by atoms with van der Waals surface area (Å²) in [7, 11) is -17.3. The Morgan fingerprint density at radius 3 is 1.00 bits per heavy atom. The number of urea groups is 1. The summed E-state index contributed by atoms with van der Waals surface area (Å²) in [6, 6.07) is 9.67. The number of nitrogens with one attached hydrogen (secondary N) is 9. The molecule has 0 bridgehead atoms. The Morgan fingerprint density at radius 2 is 0.710 bits per heavy atom. The van der Waals surface area contributed by atoms with E-state index in [0.717, 1.165) is 143 Å². The molecular weight excluding hydrogens is 1680 g/mol. The number of hydrogen-bond acceptors (Lipinski definition) is 24. The second-order valence-electron chi connectivity index (χ2n) is 31.9. The minimum absolute atomic E-state index is 0.0102. The van der Waals surface area contributed by atoms with Gasteiger partial charge in [0.2, 0.25) is 0 Å². The first kappa shape index (κ1) is 86.2. The number of carbonyl (C=O) groups excluding carboxylic acids is 1. The standard InChI is InChI=1S/C16H21BN4O4S.C16H19BN4O3.C15H17BN4O4S.C15H19BN4O4S.C14H17BN4O4S/c1-3-6-20(2)26(23,24)21-9-11(10-21)13-7-17(22)25-14-8-19-16-12(15(13)14)4-5-18-16;1-2-4-19-16(22)21-8-10(9-21)12-6-17(23)24-13-7-20-15-11(14(12)13)3-5-18-15;21-16-5-12(9-7-20(8-9)25(22,23)19-10-1-2-10)14-11-3-4-17-15(11)18-6-13(14)24-16;1-2-4-19-25(22,23)20-8-10(9-20)12-6-16(21)24-13-7-18-15-11(14(12)13)3-5-17-15;1-2-18-24(21,22)19-7-9(8-19)11-5-15(20)23-12-6-17-14-10(13(11)12)3-4-16-14/h4-5,7-8,11,22H,3,6,9-10H2,1-2H3,(H,18,19);3,5-7,10,23H,2,4,8-9H2,1H3,(H,18,20)(H,19,22);3-6,9-10,19,21H,1-2,7-8H2,(H,17,18);3,5-7,10,19,21H,2,4,8-9H2,1H3,(H,17,18);3-6,9,18,20H,2,7-8H2,1H3,(H,16,17). The molecule has 14 N–H and O–H groups in total. The second kappa shape index (κ2) is 35.1. The van der Waals surface area contributed by atoms with Gasteiger partial charge in [-0.25, -0.2) is 39.2 Å². The minimum atomic E-state index is -3.44. The van der Waals surface area contributed by atoms with Gasteiger partial charge in [-0.1, -0.05) is 27.7 Å². The number of amides is 2. The van der Waals surface area contributed by atoms with Gasteiger partial charge in [-0.05, 0) is 120 Å². The average Bonchev–Trinajstić information content (AvgIpc) is 1.33. The first-order valence-corrected chi connectivity index (χ1v) is 47.0. The van der Waals surface area contributed by atoms with E-state index in [2.05, 4.69) is 69.3 Å². The largest absolute Gasteiger partial charge is 0.552 e. The van der Waals surface area contributed by atoms with Crippen LogP contribution in [0, 0.1) is 29.6 Å². The molecule has 0 atom stereocenters. The molecule has 0 radical (unpaired) electrons. The third-order valence-corrected chi connectivity index (χ3v) is 30.1. The maximum Gasteiger partial charge on any atom is 0.552 e. The van der Waals surface area contributed by atoms with Crippen LogP contribution in [-0.4, -0.2) is 281 Å². The molecule has 1 aliphatic carbocycles. The van der Waals surface area contributed by atoms with E-state index >= 15 is 0 Å². The van der Waals surface area contributed by atoms with Gasteiger partial charge >= 0.3 is 41.6 Å². The number of fused-ring (bicyclic) bond motifs is 15. The fourth-order valence-electron chi connectivity index (χ4n) is 16.8. The fourth-order valence-corrected chi connectivity index (χ4v) is 22.6. The number of aromatic amines is 5. The first-order chi connectivity index (χ1) is 59.6. The van der Waals surface area contributed by atoms with Crippen molar-refractivity contribution in [1.29, 1.82) is 0 Å². The molecule has 2 amide bonds. The van der Waals surface area contributed by atoms with Crippen LogP contribution in [0.25, 0.3) is 83.0 Å². The first-order valence-electron chi connectivity index (χ1n) is 41.2. The minimum Gasteiger partial charge on any atom is -0.531 e. The molecule has 10 aromatic rings. The van der Waals surface area contributed by atoms with E-state index in [9.17, 15) is 63.6 Å². The molecule has 21 rings (SSSR count). The average molecular weight is 1770 g/mol. The van der Waals surface area contributed by atoms with E-state index in [1.54, 1.807) is 105 Å². The normalized spacial score (nSPS) is 19.0. The van der Waals surface area contributed by atoms with Crippen molar-refractivity contribution in [3.8, 4) is 28.7 Å². The van der Waals surface area contributed by atoms with Gasteiger partial charge in [0.15, 0.2) is 0 Å². The lowest BCUT2D eigenvalue weighted by Gasteiger charge is -2.42. The number of carbonyl (C=O) groups is 1. The predicted molar refractivity (Wildman–Crippen MR) is 469 cm³/mol. The summed E-state index contributed by atoms with van der Waals surface area (Å²) < 4.78 is 140. The molecular formula is C76H93B5N20O19S4. The maximum atomic E-state index is 12.6. The number of aromatic nitrogens is 10. The third-order valence-electron chi connectivity index (χ3n) is 23.4. The molecule has 5 saturated heterocycles. The SMILES string of the molecule is CCCN(C)S(=O)(=O)N1CC(C2=CB(O)Oc3cnc4[nH]ccc4c32)C1.CCCNC(=O)N1CC(C2=CB(O)Oc3cnc4[nH]ccc4c32)C1.CCCNS(=O)(=O)N1CC(C2=CB(O)Oc3cnc4[nH]ccc4c32)C1.CCNS(=O)(=O)N1CC(C2=CB(O)Oc3cnc4[nH]ccc4c32)C1.O=S(=O)(NC1CC1)N1CC(C2=CB(O)Oc3cnc4[nH]ccc4c32)C1. The van der Waals surface area contributed by atoms with Crippen LogP contribution in [0.2, 0.25) is 0 Å². The summed E-state index contributed by atoms with van der Waals surface area (Å²) in [5, 5.41) is 57.4. The fraction of sp³-hybridized carbons (Fsp3) is 0.395. The summed E-state index contributed by atoms with van der Waals surface area (Å²) >= 11 is 0. The molecule has 20 heterocycles. The molecule has 0 aromatic carbocycles. The number of H-pyrrole nitrogens is 5. The van der Waals surface area contributed by atoms with Crippen LogP contribution in [0.5, 0.6) is 28.7 Å². The highest BCUT2D eigenvalue weighted by Gasteiger charge is 2.48. The Balaban J connectivity index is 0.000000110. The quantitative estimate of drug-likeness (QED) is 0.0459. The van der Waals surface area contributed by atoms with E-state index in [1.165, 1.54) is 21.5 Å². The molecule has 11 aliphatic rings. The molecule has 39 nitrogen and oxygen atoms in total. The van der Waals surface area contributed by atoms with Crippen LogP contribution in [0.3, 0.4) is 0 Å². The smallest absolute Gasteiger partial charge is 0.531 e. The van der Waals surface area contributed by atoms with Gasteiger partial charge < -0.3 is 83.5 Å². The Labute approximate surface area is 716 Å². The number of hydrogen-bond donors (Lipinski definition) is 14. The van der Waals surface area contributed by atoms with E-state index in [4.69, 9.17) is 23.3 Å². The third kappa shape index (κ3) is 17.2. The molecule has 1 saturated carbocycles. The lowest BCUT2D eigenvalue weighted by Crippen LogP contribution is -2.55. The van der Waals surface area contributed by atoms with Crippen LogP contribution in [-0.2, 0) is 40.8 Å². The summed E-state index contributed by atoms with van der Waals surface area (Å²) in [6.07, 6.45) is 21.3. The molecule has 650 valence electrons. The van der Waals surface area contributed by atoms with Crippen molar-refractivity contribution in [2.75, 3.05) is 98.7 Å². The van der Waals surface area contributed by atoms with Crippen LogP contribution in [0.1, 0.15) is 87.6 Å². The topological polar surface area (TPSA) is 512 Å². The van der Waals surface area contributed by atoms with Crippen LogP contribution in [0.15, 0.2) is 122 Å². The van der Waals surface area contributed by atoms with Gasteiger partial charge in [0, 0.05) is 220 Å². The van der Waals surface area contributed by atoms with Crippen LogP contribution in [0.4, 0.5) is 4.79 Å². The molecule has 48 heteroatoms. The van der Waals surface area contributed by atoms with Gasteiger partial charge in [0.25, 0.3) is 40.8 Å². The van der Waals surface area contributed by atoms with Crippen molar-refractivity contribution in [2.24, 2.45) is 29.6 Å². The Morgan fingerprint density at radius 1 is 0.419 bits per heavy atom. The molecule has 6 fully saturated rings. The Bertz CT molecular complexity index is 6380. The summed E-state index contributed by atoms with van der Waals surface area (Å²) in [5.74, 6) is 11.3. The predicted octanol–water partition coefficient (Wildman–Crippen LogP) is 3.25. The van der Waals surface area contributed by atoms with E-state index in [-0.39, 0.29) is 41.7 Å². The second-order valence-corrected chi connectivity index (χ2v) is 39.1. The van der Waals surface area contributed by atoms with Gasteiger partial charge in [-0.2, -0.15) is 59.9 Å². The Kier molecular flexibility index (Phi) is 24.4. The van der Waals surface area contributed by atoms with Crippen molar-refractivity contribution in [3.63, 3.8) is 0 Å². The Hall–Kier alpha value is -9.98. The van der Waals surface area contributed by atoms with Crippen molar-refractivity contribution in [3.05, 3.63) is 150 Å². The van der Waals surface area contributed by atoms with Crippen molar-refractivity contribution in [1.82, 2.24) is 95.7 Å². The monoisotopic (exact) mass is 1770 g/mol. The van der Waals surface area contributed by atoms with Gasteiger partial charge in [0.05, 0.1) is 31.0 Å². The maximum absolute atomic E-state index is 12.6. The highest BCUT2D eigenvalue weighted by molar-refractivity contribution is 7.88. The number of likely N-dealkylation sites (tertiary alicyclic amines) is 1. The van der Waals surface area contributed by atoms with Crippen LogP contribution < -0.4 is 42.8 Å². The van der Waals surface area contributed by atoms with Crippen molar-refractivity contribution < 1.29 is 86.9 Å². The lowest BCUT2D eigenvalue weighted by molar-refractivity contribution is 0.145. The highest BCUT2D eigenvalue weighted by Crippen LogP contribution is 2.49. The number of nitrogens with zero attached hydrogens (tertiary/aromatic N) is 11. The molecule has 10 aromatic heterocycles. The summed E-state index contributed by atoms with van der Waals surface area (Å²) in [6.45, 7) is 14.0. The highest BCUT2D eigenvalue weighted by atomic mass is 32.2. The zero-order valence-corrected chi connectivity index (χ0v) is 71.6. The van der Waals surface area contributed by atoms with E-state index in [0.29, 0.717) is 120 Å². The van der Waals surface area contributed by atoms with Gasteiger partial charge in [-0.15, -0.1) is 0 Å². The molecule has 10 aliphatic heterocycles. The molecule has 124 heavy (non-hydrogen) atoms. The van der Waals surface area contributed by atoms with Crippen LogP contribution >= 0.6 is 0 Å². The van der Waals surface area contributed by atoms with Crippen molar-refractivity contribution >= 4 is 165 Å². The van der Waals surface area contributed by atoms with Crippen molar-refractivity contribution in [2.45, 2.75) is 65.8 Å². The van der Waals surface area contributed by atoms with E-state index < -0.39 is 76.4 Å². The zero-order valence-electron chi connectivity index (χ0n) is 68.3. The lowest BCUT2D eigenvalue weighted by atomic mass is 9.75.